The van der Waals surface area contributed by atoms with E-state index in [0.717, 1.165) is 12.8 Å². The summed E-state index contributed by atoms with van der Waals surface area (Å²) in [6.07, 6.45) is 8.08. The average Bonchev–Trinajstić information content (AvgIpc) is 3.22. The highest BCUT2D eigenvalue weighted by molar-refractivity contribution is 5.99. The lowest BCUT2D eigenvalue weighted by atomic mass is 10.2. The Bertz CT molecular complexity index is 1110. The normalized spacial score (nSPS) is 23.3. The van der Waals surface area contributed by atoms with Crippen LogP contribution < -0.4 is 26.4 Å². The smallest absolute Gasteiger partial charge is 0.256 e. The second-order valence-electron chi connectivity index (χ2n) is 8.09. The molecule has 0 radical (unpaired) electrons. The van der Waals surface area contributed by atoms with Crippen molar-refractivity contribution in [3.8, 4) is 5.88 Å². The van der Waals surface area contributed by atoms with Crippen LogP contribution in [0.25, 0.3) is 0 Å². The number of allylic oxidation sites excluding steroid dienone is 1. The van der Waals surface area contributed by atoms with Crippen molar-refractivity contribution in [1.82, 2.24) is 25.2 Å². The number of likely N-dealkylation sites (tertiary alicyclic amines) is 1. The molecule has 2 atom stereocenters. The molecule has 34 heavy (non-hydrogen) atoms. The molecule has 11 heteroatoms. The van der Waals surface area contributed by atoms with Crippen molar-refractivity contribution in [1.29, 1.82) is 0 Å². The Hall–Kier alpha value is -3.99. The molecular formula is C23H29N9O2. The van der Waals surface area contributed by atoms with E-state index in [2.05, 4.69) is 54.4 Å². The topological polar surface area (TPSA) is 142 Å². The van der Waals surface area contributed by atoms with Gasteiger partial charge in [0.1, 0.15) is 23.3 Å². The van der Waals surface area contributed by atoms with Crippen molar-refractivity contribution in [2.24, 2.45) is 10.7 Å². The fourth-order valence-corrected chi connectivity index (χ4v) is 4.04. The second kappa shape index (κ2) is 10.3. The lowest BCUT2D eigenvalue weighted by molar-refractivity contribution is 0.0958. The van der Waals surface area contributed by atoms with Crippen LogP contribution in [0.1, 0.15) is 23.2 Å². The van der Waals surface area contributed by atoms with Crippen molar-refractivity contribution in [3.63, 3.8) is 0 Å². The number of likely N-dealkylation sites (N-methyl/N-ethyl adjacent to an activating group) is 1. The van der Waals surface area contributed by atoms with E-state index in [4.69, 9.17) is 10.5 Å². The van der Waals surface area contributed by atoms with Gasteiger partial charge in [-0.25, -0.2) is 4.98 Å². The first-order valence-electron chi connectivity index (χ1n) is 11.0. The van der Waals surface area contributed by atoms with E-state index in [1.165, 1.54) is 18.6 Å². The molecular weight excluding hydrogens is 434 g/mol. The molecule has 1 aliphatic heterocycles. The minimum atomic E-state index is -0.347. The molecule has 0 aromatic carbocycles. The Labute approximate surface area is 198 Å². The number of nitrogens with one attached hydrogen (secondary N) is 3. The van der Waals surface area contributed by atoms with Crippen LogP contribution >= 0.6 is 0 Å². The summed E-state index contributed by atoms with van der Waals surface area (Å²) in [5.74, 6) is 1.18. The zero-order chi connectivity index (χ0) is 24.1. The summed E-state index contributed by atoms with van der Waals surface area (Å²) in [5.41, 5.74) is 6.37. The molecule has 0 spiro atoms. The third-order valence-corrected chi connectivity index (χ3v) is 5.81. The van der Waals surface area contributed by atoms with Crippen LogP contribution in [0, 0.1) is 0 Å². The standard InChI is InChI=1S/C23H29N9O2/c1-4-8-26-22(33)16-13-27-23(28-14(11-24)12-25-2)31-21(16)30-19-6-5-7-20(29-19)34-15-9-17-18(10-15)32(17)3/h4-7,11-13,15,17-18H,1,8-10,24H2,2-3H3,(H,26,33)(H2,27,28,29,30,31)/b14-11+,25-12?. The number of piperidine rings is 1. The molecule has 5 N–H and O–H groups in total. The molecule has 2 aromatic rings. The first-order valence-corrected chi connectivity index (χ1v) is 11.0. The number of aliphatic imine (C=N–C) groups is 1. The molecule has 1 aliphatic carbocycles. The van der Waals surface area contributed by atoms with Gasteiger partial charge < -0.3 is 26.4 Å². The number of nitrogens with two attached hydrogens (primary N) is 1. The maximum absolute atomic E-state index is 12.7. The molecule has 1 amide bonds. The van der Waals surface area contributed by atoms with Gasteiger partial charge in [-0.3, -0.25) is 14.7 Å². The number of rotatable bonds is 10. The van der Waals surface area contributed by atoms with Gasteiger partial charge in [0.05, 0.1) is 5.70 Å². The largest absolute Gasteiger partial charge is 0.474 e. The summed E-state index contributed by atoms with van der Waals surface area (Å²) >= 11 is 0. The van der Waals surface area contributed by atoms with E-state index in [1.54, 1.807) is 19.2 Å². The fourth-order valence-electron chi connectivity index (χ4n) is 4.04. The van der Waals surface area contributed by atoms with Crippen LogP contribution in [0.5, 0.6) is 5.88 Å². The van der Waals surface area contributed by atoms with E-state index in [-0.39, 0.29) is 29.3 Å². The molecule has 2 fully saturated rings. The van der Waals surface area contributed by atoms with Crippen LogP contribution in [-0.2, 0) is 0 Å². The quantitative estimate of drug-likeness (QED) is 0.235. The molecule has 2 aromatic heterocycles. The highest BCUT2D eigenvalue weighted by Crippen LogP contribution is 2.42. The SMILES string of the molecule is C=CCNC(=O)c1cnc(N/C(C=NC)=C/N)nc1Nc1cccc(OC2CC3C(C2)N3C)n1. The van der Waals surface area contributed by atoms with Gasteiger partial charge in [-0.2, -0.15) is 9.97 Å². The monoisotopic (exact) mass is 463 g/mol. The number of carbonyl (C=O) groups excluding carboxylic acids is 1. The van der Waals surface area contributed by atoms with Crippen molar-refractivity contribution in [3.05, 3.63) is 54.5 Å². The fraction of sp³-hybridized carbons (Fsp3) is 0.348. The van der Waals surface area contributed by atoms with Crippen molar-refractivity contribution in [2.75, 3.05) is 31.3 Å². The van der Waals surface area contributed by atoms with E-state index in [1.807, 2.05) is 12.1 Å². The number of amides is 1. The number of nitrogens with zero attached hydrogens (tertiary/aromatic N) is 5. The van der Waals surface area contributed by atoms with Crippen LogP contribution in [0.4, 0.5) is 17.6 Å². The molecule has 1 saturated carbocycles. The van der Waals surface area contributed by atoms with Gasteiger partial charge in [-0.1, -0.05) is 12.1 Å². The molecule has 2 unspecified atom stereocenters. The molecule has 4 rings (SSSR count). The lowest BCUT2D eigenvalue weighted by Crippen LogP contribution is -2.25. The summed E-state index contributed by atoms with van der Waals surface area (Å²) in [4.78, 5) is 32.2. The van der Waals surface area contributed by atoms with Gasteiger partial charge >= 0.3 is 0 Å². The van der Waals surface area contributed by atoms with Gasteiger partial charge in [-0.15, -0.1) is 6.58 Å². The van der Waals surface area contributed by atoms with E-state index in [9.17, 15) is 4.79 Å². The highest BCUT2D eigenvalue weighted by atomic mass is 16.5. The number of carbonyl (C=O) groups is 1. The van der Waals surface area contributed by atoms with Gasteiger partial charge in [0.15, 0.2) is 0 Å². The molecule has 11 nitrogen and oxygen atoms in total. The minimum Gasteiger partial charge on any atom is -0.474 e. The number of hydrogen-bond acceptors (Lipinski definition) is 10. The summed E-state index contributed by atoms with van der Waals surface area (Å²) in [6.45, 7) is 3.94. The highest BCUT2D eigenvalue weighted by Gasteiger charge is 2.52. The van der Waals surface area contributed by atoms with Crippen molar-refractivity contribution < 1.29 is 9.53 Å². The van der Waals surface area contributed by atoms with Crippen LogP contribution in [-0.4, -0.2) is 70.8 Å². The summed E-state index contributed by atoms with van der Waals surface area (Å²) in [7, 11) is 3.77. The first kappa shape index (κ1) is 23.2. The molecule has 2 aliphatic rings. The van der Waals surface area contributed by atoms with E-state index in [0.29, 0.717) is 36.0 Å². The van der Waals surface area contributed by atoms with Gasteiger partial charge in [0.2, 0.25) is 11.8 Å². The van der Waals surface area contributed by atoms with Crippen molar-refractivity contribution >= 4 is 29.7 Å². The second-order valence-corrected chi connectivity index (χ2v) is 8.09. The number of anilines is 3. The summed E-state index contributed by atoms with van der Waals surface area (Å²) in [5, 5.41) is 8.83. The number of aromatic nitrogens is 3. The number of ether oxygens (including phenoxy) is 1. The minimum absolute atomic E-state index is 0.158. The Morgan fingerprint density at radius 1 is 1.35 bits per heavy atom. The lowest BCUT2D eigenvalue weighted by Gasteiger charge is -2.17. The first-order chi connectivity index (χ1) is 16.5. The zero-order valence-corrected chi connectivity index (χ0v) is 19.2. The maximum Gasteiger partial charge on any atom is 0.256 e. The molecule has 3 heterocycles. The number of hydrogen-bond donors (Lipinski definition) is 4. The Kier molecular flexibility index (Phi) is 7.02. The third kappa shape index (κ3) is 5.31. The predicted molar refractivity (Wildman–Crippen MR) is 131 cm³/mol. The maximum atomic E-state index is 12.7. The van der Waals surface area contributed by atoms with E-state index < -0.39 is 0 Å². The van der Waals surface area contributed by atoms with Crippen molar-refractivity contribution in [2.45, 2.75) is 31.0 Å². The molecule has 178 valence electrons. The zero-order valence-electron chi connectivity index (χ0n) is 19.2. The predicted octanol–water partition coefficient (Wildman–Crippen LogP) is 1.67. The van der Waals surface area contributed by atoms with E-state index >= 15 is 0 Å². The van der Waals surface area contributed by atoms with Crippen LogP contribution in [0.15, 0.2) is 53.9 Å². The molecule has 1 saturated heterocycles. The summed E-state index contributed by atoms with van der Waals surface area (Å²) in [6, 6.07) is 6.70. The molecule has 0 bridgehead atoms. The number of pyridine rings is 1. The summed E-state index contributed by atoms with van der Waals surface area (Å²) < 4.78 is 6.10. The van der Waals surface area contributed by atoms with Gasteiger partial charge in [-0.05, 0) is 13.1 Å². The van der Waals surface area contributed by atoms with Gasteiger partial charge in [0.25, 0.3) is 5.91 Å². The third-order valence-electron chi connectivity index (χ3n) is 5.81. The Balaban J connectivity index is 1.53. The Morgan fingerprint density at radius 3 is 2.85 bits per heavy atom. The average molecular weight is 464 g/mol. The van der Waals surface area contributed by atoms with Crippen LogP contribution in [0.3, 0.4) is 0 Å². The van der Waals surface area contributed by atoms with Crippen LogP contribution in [0.2, 0.25) is 0 Å². The Morgan fingerprint density at radius 2 is 2.15 bits per heavy atom. The number of fused-ring (bicyclic) bond motifs is 1. The van der Waals surface area contributed by atoms with Gasteiger partial charge in [0, 0.05) is 63.2 Å².